The Bertz CT molecular complexity index is 595. The van der Waals surface area contributed by atoms with Gasteiger partial charge < -0.3 is 10.1 Å². The van der Waals surface area contributed by atoms with Crippen LogP contribution in [0.5, 0.6) is 5.75 Å². The van der Waals surface area contributed by atoms with Crippen LogP contribution >= 0.6 is 27.5 Å². The van der Waals surface area contributed by atoms with Gasteiger partial charge in [0, 0.05) is 16.0 Å². The number of nitrogens with one attached hydrogen (secondary N) is 1. The first kappa shape index (κ1) is 15.1. The molecule has 2 aromatic rings. The van der Waals surface area contributed by atoms with E-state index >= 15 is 0 Å². The second kappa shape index (κ2) is 6.90. The molecule has 0 unspecified atom stereocenters. The third kappa shape index (κ3) is 4.08. The summed E-state index contributed by atoms with van der Waals surface area (Å²) in [6, 6.07) is 12.0. The Morgan fingerprint density at radius 1 is 1.20 bits per heavy atom. The monoisotopic (exact) mass is 361 g/mol. The number of hydrogen-bond donors (Lipinski definition) is 1. The maximum atomic E-state index is 12.3. The summed E-state index contributed by atoms with van der Waals surface area (Å²) in [7, 11) is 0. The molecule has 2 rings (SSSR count). The minimum atomic E-state index is -2.85. The van der Waals surface area contributed by atoms with Crippen LogP contribution in [0, 0.1) is 0 Å². The van der Waals surface area contributed by atoms with Gasteiger partial charge in [-0.1, -0.05) is 39.7 Å². The van der Waals surface area contributed by atoms with E-state index in [4.69, 9.17) is 11.6 Å². The zero-order valence-corrected chi connectivity index (χ0v) is 12.6. The van der Waals surface area contributed by atoms with E-state index in [0.717, 1.165) is 10.0 Å². The molecule has 0 spiro atoms. The van der Waals surface area contributed by atoms with Gasteiger partial charge in [0.25, 0.3) is 0 Å². The lowest BCUT2D eigenvalue weighted by atomic mass is 10.2. The maximum Gasteiger partial charge on any atom is 0.387 e. The highest BCUT2D eigenvalue weighted by atomic mass is 79.9. The number of hydrogen-bond acceptors (Lipinski definition) is 2. The normalized spacial score (nSPS) is 10.7. The van der Waals surface area contributed by atoms with Crippen LogP contribution in [-0.4, -0.2) is 6.61 Å². The number of benzene rings is 2. The molecule has 2 aromatic carbocycles. The van der Waals surface area contributed by atoms with Crippen LogP contribution in [-0.2, 0) is 6.54 Å². The molecule has 2 nitrogen and oxygen atoms in total. The van der Waals surface area contributed by atoms with E-state index < -0.39 is 6.61 Å². The summed E-state index contributed by atoms with van der Waals surface area (Å²) >= 11 is 9.43. The molecule has 106 valence electrons. The highest BCUT2D eigenvalue weighted by Gasteiger charge is 2.09. The van der Waals surface area contributed by atoms with Crippen molar-refractivity contribution >= 4 is 33.2 Å². The molecule has 20 heavy (non-hydrogen) atoms. The number of anilines is 1. The summed E-state index contributed by atoms with van der Waals surface area (Å²) < 4.78 is 30.0. The van der Waals surface area contributed by atoms with E-state index in [0.29, 0.717) is 17.3 Å². The molecule has 0 saturated carbocycles. The quantitative estimate of drug-likeness (QED) is 0.777. The number of ether oxygens (including phenoxy) is 1. The molecule has 0 fully saturated rings. The number of alkyl halides is 2. The Kier molecular flexibility index (Phi) is 5.20. The molecule has 0 amide bonds. The molecule has 1 N–H and O–H groups in total. The van der Waals surface area contributed by atoms with Crippen LogP contribution in [0.1, 0.15) is 5.56 Å². The van der Waals surface area contributed by atoms with E-state index in [9.17, 15) is 8.78 Å². The predicted molar refractivity (Wildman–Crippen MR) is 79.6 cm³/mol. The largest absolute Gasteiger partial charge is 0.433 e. The lowest BCUT2D eigenvalue weighted by molar-refractivity contribution is -0.0493. The second-order valence-corrected chi connectivity index (χ2v) is 5.29. The average molecular weight is 363 g/mol. The molecule has 6 heteroatoms. The zero-order chi connectivity index (χ0) is 14.5. The summed E-state index contributed by atoms with van der Waals surface area (Å²) in [6.07, 6.45) is 0. The lowest BCUT2D eigenvalue weighted by Crippen LogP contribution is -2.06. The van der Waals surface area contributed by atoms with Crippen molar-refractivity contribution in [1.82, 2.24) is 0 Å². The van der Waals surface area contributed by atoms with E-state index in [1.165, 1.54) is 6.07 Å². The van der Waals surface area contributed by atoms with Gasteiger partial charge in [0.05, 0.1) is 5.69 Å². The van der Waals surface area contributed by atoms with E-state index in [1.807, 2.05) is 12.1 Å². The number of halogens is 4. The third-order valence-corrected chi connectivity index (χ3v) is 3.44. The first-order valence-corrected chi connectivity index (χ1v) is 6.95. The maximum absolute atomic E-state index is 12.3. The highest BCUT2D eigenvalue weighted by molar-refractivity contribution is 9.10. The lowest BCUT2D eigenvalue weighted by Gasteiger charge is -2.13. The first-order chi connectivity index (χ1) is 9.56. The van der Waals surface area contributed by atoms with E-state index in [2.05, 4.69) is 26.0 Å². The van der Waals surface area contributed by atoms with Crippen molar-refractivity contribution in [3.05, 3.63) is 57.5 Å². The fourth-order valence-electron chi connectivity index (χ4n) is 1.68. The van der Waals surface area contributed by atoms with Gasteiger partial charge in [-0.25, -0.2) is 0 Å². The van der Waals surface area contributed by atoms with Crippen molar-refractivity contribution in [1.29, 1.82) is 0 Å². The van der Waals surface area contributed by atoms with Gasteiger partial charge in [0.2, 0.25) is 0 Å². The Balaban J connectivity index is 2.12. The molecule has 0 aliphatic rings. The van der Waals surface area contributed by atoms with Crippen molar-refractivity contribution in [2.75, 3.05) is 5.32 Å². The van der Waals surface area contributed by atoms with Crippen LogP contribution < -0.4 is 10.1 Å². The standard InChI is InChI=1S/C14H11BrClF2NO/c15-10-5-6-11(16)9(7-10)8-19-12-3-1-2-4-13(12)20-14(17)18/h1-7,14,19H,8H2. The second-order valence-electron chi connectivity index (χ2n) is 3.96. The topological polar surface area (TPSA) is 21.3 Å². The molecule has 0 heterocycles. The molecule has 0 bridgehead atoms. The van der Waals surface area contributed by atoms with Crippen molar-refractivity contribution < 1.29 is 13.5 Å². The Hall–Kier alpha value is -1.33. The zero-order valence-electron chi connectivity index (χ0n) is 10.2. The molecule has 0 aliphatic carbocycles. The fourth-order valence-corrected chi connectivity index (χ4v) is 2.27. The summed E-state index contributed by atoms with van der Waals surface area (Å²) in [4.78, 5) is 0. The summed E-state index contributed by atoms with van der Waals surface area (Å²) in [5.41, 5.74) is 1.34. The van der Waals surface area contributed by atoms with Crippen LogP contribution in [0.15, 0.2) is 46.9 Å². The smallest absolute Gasteiger partial charge is 0.387 e. The van der Waals surface area contributed by atoms with Gasteiger partial charge in [-0.15, -0.1) is 0 Å². The number of rotatable bonds is 5. The van der Waals surface area contributed by atoms with Crippen molar-refractivity contribution in [3.63, 3.8) is 0 Å². The third-order valence-electron chi connectivity index (χ3n) is 2.58. The van der Waals surface area contributed by atoms with Crippen molar-refractivity contribution in [2.45, 2.75) is 13.2 Å². The first-order valence-electron chi connectivity index (χ1n) is 5.78. The van der Waals surface area contributed by atoms with Gasteiger partial charge >= 0.3 is 6.61 Å². The van der Waals surface area contributed by atoms with Crippen LogP contribution in [0.3, 0.4) is 0 Å². The minimum absolute atomic E-state index is 0.105. The molecular weight excluding hydrogens is 352 g/mol. The summed E-state index contributed by atoms with van der Waals surface area (Å²) in [6.45, 7) is -2.45. The van der Waals surface area contributed by atoms with Crippen LogP contribution in [0.2, 0.25) is 5.02 Å². The average Bonchev–Trinajstić information content (AvgIpc) is 2.41. The van der Waals surface area contributed by atoms with Crippen molar-refractivity contribution in [3.8, 4) is 5.75 Å². The molecule has 0 atom stereocenters. The predicted octanol–water partition coefficient (Wildman–Crippen LogP) is 5.32. The fraction of sp³-hybridized carbons (Fsp3) is 0.143. The molecule has 0 aromatic heterocycles. The Morgan fingerprint density at radius 2 is 1.95 bits per heavy atom. The van der Waals surface area contributed by atoms with Gasteiger partial charge in [0.1, 0.15) is 5.75 Å². The van der Waals surface area contributed by atoms with E-state index in [-0.39, 0.29) is 5.75 Å². The number of para-hydroxylation sites is 2. The Labute approximate surface area is 128 Å². The van der Waals surface area contributed by atoms with Gasteiger partial charge in [-0.05, 0) is 35.9 Å². The molecular formula is C14H11BrClF2NO. The van der Waals surface area contributed by atoms with E-state index in [1.54, 1.807) is 24.3 Å². The molecule has 0 saturated heterocycles. The van der Waals surface area contributed by atoms with Gasteiger partial charge in [-0.3, -0.25) is 0 Å². The minimum Gasteiger partial charge on any atom is -0.433 e. The highest BCUT2D eigenvalue weighted by Crippen LogP contribution is 2.27. The van der Waals surface area contributed by atoms with Crippen LogP contribution in [0.4, 0.5) is 14.5 Å². The van der Waals surface area contributed by atoms with Gasteiger partial charge in [0.15, 0.2) is 0 Å². The summed E-state index contributed by atoms with van der Waals surface area (Å²) in [5.74, 6) is 0.105. The van der Waals surface area contributed by atoms with Crippen molar-refractivity contribution in [2.24, 2.45) is 0 Å². The Morgan fingerprint density at radius 3 is 2.70 bits per heavy atom. The summed E-state index contributed by atoms with van der Waals surface area (Å²) in [5, 5.41) is 3.64. The molecule has 0 aliphatic heterocycles. The van der Waals surface area contributed by atoms with Crippen LogP contribution in [0.25, 0.3) is 0 Å². The molecule has 0 radical (unpaired) electrons. The van der Waals surface area contributed by atoms with Gasteiger partial charge in [-0.2, -0.15) is 8.78 Å². The SMILES string of the molecule is FC(F)Oc1ccccc1NCc1cc(Br)ccc1Cl.